The molecular weight excluding hydrogens is 464 g/mol. The van der Waals surface area contributed by atoms with Crippen molar-refractivity contribution in [1.82, 2.24) is 9.88 Å². The molecule has 0 spiro atoms. The molecule has 3 N–H and O–H groups in total. The van der Waals surface area contributed by atoms with E-state index in [1.165, 1.54) is 0 Å². The molecule has 7 nitrogen and oxygen atoms in total. The highest BCUT2D eigenvalue weighted by Gasteiger charge is 2.48. The Bertz CT molecular complexity index is 1220. The molecule has 7 heteroatoms. The van der Waals surface area contributed by atoms with Crippen LogP contribution in [0.4, 0.5) is 5.69 Å². The molecule has 0 radical (unpaired) electrons. The van der Waals surface area contributed by atoms with Crippen molar-refractivity contribution in [1.29, 1.82) is 0 Å². The van der Waals surface area contributed by atoms with Crippen LogP contribution in [0, 0.1) is 0 Å². The fourth-order valence-corrected chi connectivity index (χ4v) is 5.92. The van der Waals surface area contributed by atoms with Crippen LogP contribution >= 0.6 is 0 Å². The summed E-state index contributed by atoms with van der Waals surface area (Å²) in [5.41, 5.74) is 9.52. The number of methoxy groups -OCH3 is 1. The Morgan fingerprint density at radius 1 is 1.00 bits per heavy atom. The highest BCUT2D eigenvalue weighted by Crippen LogP contribution is 2.45. The predicted octanol–water partition coefficient (Wildman–Crippen LogP) is 4.85. The number of carbonyl (C=O) groups excluding carboxylic acids is 2. The van der Waals surface area contributed by atoms with Crippen LogP contribution in [0.25, 0.3) is 0 Å². The summed E-state index contributed by atoms with van der Waals surface area (Å²) in [5, 5.41) is 2.87. The highest BCUT2D eigenvalue weighted by molar-refractivity contribution is 6.04. The Balaban J connectivity index is 1.32. The summed E-state index contributed by atoms with van der Waals surface area (Å²) in [5.74, 6) is 0.802. The second-order valence-electron chi connectivity index (χ2n) is 10.1. The monoisotopic (exact) mass is 498 g/mol. The van der Waals surface area contributed by atoms with E-state index in [0.29, 0.717) is 11.3 Å². The topological polar surface area (TPSA) is 97.5 Å². The molecular formula is C30H34N4O3. The van der Waals surface area contributed by atoms with E-state index < -0.39 is 5.41 Å². The van der Waals surface area contributed by atoms with Crippen LogP contribution < -0.4 is 15.8 Å². The summed E-state index contributed by atoms with van der Waals surface area (Å²) in [6, 6.07) is 18.5. The van der Waals surface area contributed by atoms with E-state index in [-0.39, 0.29) is 23.9 Å². The van der Waals surface area contributed by atoms with Crippen LogP contribution in [0.15, 0.2) is 73.1 Å². The number of aromatic nitrogens is 1. The number of hydrogen-bond acceptors (Lipinski definition) is 5. The van der Waals surface area contributed by atoms with Gasteiger partial charge in [-0.15, -0.1) is 0 Å². The fourth-order valence-electron chi connectivity index (χ4n) is 5.92. The van der Waals surface area contributed by atoms with Gasteiger partial charge in [0.15, 0.2) is 0 Å². The van der Waals surface area contributed by atoms with Crippen molar-refractivity contribution in [3.63, 3.8) is 0 Å². The number of likely N-dealkylation sites (tertiary alicyclic amines) is 1. The maximum Gasteiger partial charge on any atom is 0.255 e. The predicted molar refractivity (Wildman–Crippen MR) is 143 cm³/mol. The van der Waals surface area contributed by atoms with Gasteiger partial charge in [-0.2, -0.15) is 0 Å². The third kappa shape index (κ3) is 4.96. The Kier molecular flexibility index (Phi) is 7.24. The smallest absolute Gasteiger partial charge is 0.255 e. The van der Waals surface area contributed by atoms with E-state index in [2.05, 4.69) is 10.3 Å². The van der Waals surface area contributed by atoms with Gasteiger partial charge in [0.25, 0.3) is 5.91 Å². The number of ether oxygens (including phenoxy) is 1. The Hall–Kier alpha value is -3.71. The van der Waals surface area contributed by atoms with Gasteiger partial charge in [0.2, 0.25) is 5.91 Å². The quantitative estimate of drug-likeness (QED) is 0.486. The van der Waals surface area contributed by atoms with Crippen molar-refractivity contribution >= 4 is 17.5 Å². The molecule has 1 aliphatic heterocycles. The maximum atomic E-state index is 14.2. The van der Waals surface area contributed by atoms with Crippen LogP contribution in [0.3, 0.4) is 0 Å². The summed E-state index contributed by atoms with van der Waals surface area (Å²) in [6.45, 7) is 0.724. The Morgan fingerprint density at radius 3 is 2.32 bits per heavy atom. The van der Waals surface area contributed by atoms with Gasteiger partial charge in [0.1, 0.15) is 5.75 Å². The zero-order valence-corrected chi connectivity index (χ0v) is 21.2. The molecule has 2 unspecified atom stereocenters. The molecule has 3 aromatic rings. The van der Waals surface area contributed by atoms with E-state index in [4.69, 9.17) is 10.5 Å². The van der Waals surface area contributed by atoms with Crippen molar-refractivity contribution in [3.05, 3.63) is 89.7 Å². The summed E-state index contributed by atoms with van der Waals surface area (Å²) >= 11 is 0. The van der Waals surface area contributed by atoms with Crippen molar-refractivity contribution in [2.45, 2.75) is 56.0 Å². The minimum atomic E-state index is -0.497. The van der Waals surface area contributed by atoms with Crippen LogP contribution in [-0.2, 0) is 10.2 Å². The average molecular weight is 499 g/mol. The standard InChI is InChI=1S/C30H34N4O3/c1-37-25-12-10-23(11-13-25)30(16-2-3-17-30)29(36)34-20-4-5-26(34)27(31)21-6-8-22(9-7-21)28(35)33-24-14-18-32-19-15-24/h6-15,18-19,26-27H,2-5,16-17,20,31H2,1H3,(H,32,33,35). The molecule has 2 aromatic carbocycles. The molecule has 37 heavy (non-hydrogen) atoms. The maximum absolute atomic E-state index is 14.2. The summed E-state index contributed by atoms with van der Waals surface area (Å²) in [4.78, 5) is 32.8. The first-order valence-electron chi connectivity index (χ1n) is 13.0. The van der Waals surface area contributed by atoms with E-state index in [9.17, 15) is 9.59 Å². The molecule has 2 heterocycles. The van der Waals surface area contributed by atoms with Gasteiger partial charge in [-0.25, -0.2) is 0 Å². The number of carbonyl (C=O) groups is 2. The van der Waals surface area contributed by atoms with Gasteiger partial charge in [-0.3, -0.25) is 14.6 Å². The number of amides is 2. The van der Waals surface area contributed by atoms with Crippen molar-refractivity contribution in [2.24, 2.45) is 5.73 Å². The van der Waals surface area contributed by atoms with Gasteiger partial charge in [0, 0.05) is 30.2 Å². The van der Waals surface area contributed by atoms with E-state index >= 15 is 0 Å². The molecule has 1 aliphatic carbocycles. The SMILES string of the molecule is COc1ccc(C2(C(=O)N3CCCC3C(N)c3ccc(C(=O)Nc4ccncc4)cc3)CCCC2)cc1. The first-order chi connectivity index (χ1) is 18.0. The molecule has 2 aliphatic rings. The third-order valence-corrected chi connectivity index (χ3v) is 7.98. The molecule has 2 atom stereocenters. The van der Waals surface area contributed by atoms with E-state index in [1.807, 2.05) is 41.3 Å². The molecule has 1 aromatic heterocycles. The van der Waals surface area contributed by atoms with Gasteiger partial charge < -0.3 is 20.7 Å². The average Bonchev–Trinajstić information content (AvgIpc) is 3.64. The minimum Gasteiger partial charge on any atom is -0.497 e. The lowest BCUT2D eigenvalue weighted by Crippen LogP contribution is -2.50. The number of nitrogens with zero attached hydrogens (tertiary/aromatic N) is 2. The second-order valence-corrected chi connectivity index (χ2v) is 10.1. The number of hydrogen-bond donors (Lipinski definition) is 2. The zero-order valence-electron chi connectivity index (χ0n) is 21.2. The van der Waals surface area contributed by atoms with E-state index in [1.54, 1.807) is 43.8 Å². The first kappa shape index (κ1) is 25.0. The molecule has 1 saturated carbocycles. The number of rotatable bonds is 7. The number of benzene rings is 2. The molecule has 2 fully saturated rings. The normalized spacial score (nSPS) is 19.4. The van der Waals surface area contributed by atoms with E-state index in [0.717, 1.165) is 61.9 Å². The Morgan fingerprint density at radius 2 is 1.68 bits per heavy atom. The lowest BCUT2D eigenvalue weighted by Gasteiger charge is -2.38. The summed E-state index contributed by atoms with van der Waals surface area (Å²) in [7, 11) is 1.65. The summed E-state index contributed by atoms with van der Waals surface area (Å²) < 4.78 is 5.34. The number of anilines is 1. The largest absolute Gasteiger partial charge is 0.497 e. The van der Waals surface area contributed by atoms with Crippen LogP contribution in [0.5, 0.6) is 5.75 Å². The number of nitrogens with one attached hydrogen (secondary N) is 1. The first-order valence-corrected chi connectivity index (χ1v) is 13.0. The van der Waals surface area contributed by atoms with Gasteiger partial charge in [-0.05, 0) is 73.2 Å². The fraction of sp³-hybridized carbons (Fsp3) is 0.367. The van der Waals surface area contributed by atoms with Crippen LogP contribution in [-0.4, -0.2) is 41.4 Å². The number of nitrogens with two attached hydrogens (primary N) is 1. The third-order valence-electron chi connectivity index (χ3n) is 7.98. The van der Waals surface area contributed by atoms with Crippen molar-refractivity contribution in [3.8, 4) is 5.75 Å². The lowest BCUT2D eigenvalue weighted by atomic mass is 9.77. The van der Waals surface area contributed by atoms with Gasteiger partial charge in [-0.1, -0.05) is 37.1 Å². The zero-order chi connectivity index (χ0) is 25.8. The number of pyridine rings is 1. The van der Waals surface area contributed by atoms with Gasteiger partial charge in [0.05, 0.1) is 24.6 Å². The molecule has 5 rings (SSSR count). The van der Waals surface area contributed by atoms with Crippen molar-refractivity contribution in [2.75, 3.05) is 19.0 Å². The van der Waals surface area contributed by atoms with Crippen LogP contribution in [0.2, 0.25) is 0 Å². The summed E-state index contributed by atoms with van der Waals surface area (Å²) in [6.07, 6.45) is 8.89. The second kappa shape index (κ2) is 10.7. The Labute approximate surface area is 218 Å². The lowest BCUT2D eigenvalue weighted by molar-refractivity contribution is -0.138. The highest BCUT2D eigenvalue weighted by atomic mass is 16.5. The van der Waals surface area contributed by atoms with Gasteiger partial charge >= 0.3 is 0 Å². The molecule has 2 amide bonds. The minimum absolute atomic E-state index is 0.0697. The van der Waals surface area contributed by atoms with Crippen LogP contribution in [0.1, 0.15) is 66.1 Å². The molecule has 192 valence electrons. The molecule has 1 saturated heterocycles. The van der Waals surface area contributed by atoms with Crippen molar-refractivity contribution < 1.29 is 14.3 Å². The molecule has 0 bridgehead atoms.